The number of carbonyl (C=O) groups excluding carboxylic acids is 1. The van der Waals surface area contributed by atoms with E-state index in [1.165, 1.54) is 4.90 Å². The maximum atomic E-state index is 12.2. The van der Waals surface area contributed by atoms with Gasteiger partial charge in [0.25, 0.3) is 0 Å². The number of halogens is 1. The molecule has 1 aromatic rings. The van der Waals surface area contributed by atoms with Crippen molar-refractivity contribution in [1.29, 1.82) is 0 Å². The first-order valence-electron chi connectivity index (χ1n) is 6.34. The van der Waals surface area contributed by atoms with Gasteiger partial charge in [0.1, 0.15) is 6.54 Å². The van der Waals surface area contributed by atoms with Gasteiger partial charge in [-0.15, -0.1) is 0 Å². The van der Waals surface area contributed by atoms with E-state index >= 15 is 0 Å². The van der Waals surface area contributed by atoms with Crippen LogP contribution in [0.5, 0.6) is 0 Å². The van der Waals surface area contributed by atoms with Crippen molar-refractivity contribution in [3.8, 4) is 0 Å². The fourth-order valence-electron chi connectivity index (χ4n) is 1.76. The number of carboxylic acid groups (broad SMARTS) is 1. The Balaban J connectivity index is 2.84. The van der Waals surface area contributed by atoms with Crippen LogP contribution in [-0.2, 0) is 4.79 Å². The molecule has 0 radical (unpaired) electrons. The molecule has 0 aliphatic rings. The summed E-state index contributed by atoms with van der Waals surface area (Å²) < 4.78 is 0.799. The maximum Gasteiger partial charge on any atom is 0.323 e. The van der Waals surface area contributed by atoms with E-state index in [1.807, 2.05) is 32.9 Å². The number of benzene rings is 1. The highest BCUT2D eigenvalue weighted by Gasteiger charge is 2.18. The molecule has 1 rings (SSSR count). The Morgan fingerprint density at radius 3 is 2.60 bits per heavy atom. The molecular weight excluding hydrogens is 324 g/mol. The van der Waals surface area contributed by atoms with Crippen LogP contribution in [0.4, 0.5) is 10.5 Å². The molecule has 0 saturated heterocycles. The third kappa shape index (κ3) is 4.85. The first kappa shape index (κ1) is 16.5. The molecule has 0 fully saturated rings. The minimum atomic E-state index is -1.02. The average Bonchev–Trinajstić information content (AvgIpc) is 2.33. The quantitative estimate of drug-likeness (QED) is 0.862. The Bertz CT molecular complexity index is 503. The molecule has 20 heavy (non-hydrogen) atoms. The van der Waals surface area contributed by atoms with Crippen LogP contribution in [0.2, 0.25) is 0 Å². The number of carbonyl (C=O) groups is 2. The van der Waals surface area contributed by atoms with E-state index in [9.17, 15) is 9.59 Å². The minimum Gasteiger partial charge on any atom is -0.480 e. The number of hydrogen-bond donors (Lipinski definition) is 2. The lowest BCUT2D eigenvalue weighted by molar-refractivity contribution is -0.137. The predicted octanol–water partition coefficient (Wildman–Crippen LogP) is 3.33. The van der Waals surface area contributed by atoms with Crippen LogP contribution < -0.4 is 5.32 Å². The van der Waals surface area contributed by atoms with Crippen LogP contribution in [0.1, 0.15) is 19.4 Å². The highest BCUT2D eigenvalue weighted by Crippen LogP contribution is 2.26. The molecule has 5 nitrogen and oxygen atoms in total. The number of rotatable bonds is 5. The van der Waals surface area contributed by atoms with E-state index in [4.69, 9.17) is 5.11 Å². The van der Waals surface area contributed by atoms with Gasteiger partial charge >= 0.3 is 12.0 Å². The zero-order valence-electron chi connectivity index (χ0n) is 11.8. The lowest BCUT2D eigenvalue weighted by Crippen LogP contribution is -2.41. The van der Waals surface area contributed by atoms with Crippen molar-refractivity contribution >= 4 is 33.6 Å². The smallest absolute Gasteiger partial charge is 0.323 e. The summed E-state index contributed by atoms with van der Waals surface area (Å²) in [5.41, 5.74) is 1.63. The third-order valence-electron chi connectivity index (χ3n) is 2.63. The number of carboxylic acids is 1. The van der Waals surface area contributed by atoms with Crippen LogP contribution in [0, 0.1) is 12.8 Å². The number of amides is 2. The zero-order valence-corrected chi connectivity index (χ0v) is 13.4. The Morgan fingerprint density at radius 1 is 1.40 bits per heavy atom. The minimum absolute atomic E-state index is 0.195. The number of nitrogens with zero attached hydrogens (tertiary/aromatic N) is 1. The van der Waals surface area contributed by atoms with Crippen molar-refractivity contribution in [2.75, 3.05) is 18.4 Å². The lowest BCUT2D eigenvalue weighted by Gasteiger charge is -2.23. The number of hydrogen-bond acceptors (Lipinski definition) is 2. The molecule has 0 atom stereocenters. The molecule has 0 unspecified atom stereocenters. The number of anilines is 1. The van der Waals surface area contributed by atoms with E-state index in [1.54, 1.807) is 6.07 Å². The second-order valence-corrected chi connectivity index (χ2v) is 5.83. The maximum absolute atomic E-state index is 12.2. The number of urea groups is 1. The molecule has 2 amide bonds. The predicted molar refractivity (Wildman–Crippen MR) is 81.9 cm³/mol. The van der Waals surface area contributed by atoms with Crippen LogP contribution >= 0.6 is 15.9 Å². The second-order valence-electron chi connectivity index (χ2n) is 5.03. The number of aliphatic carboxylic acids is 1. The second kappa shape index (κ2) is 7.28. The van der Waals surface area contributed by atoms with Crippen molar-refractivity contribution < 1.29 is 14.7 Å². The van der Waals surface area contributed by atoms with Gasteiger partial charge in [-0.3, -0.25) is 4.79 Å². The molecule has 6 heteroatoms. The van der Waals surface area contributed by atoms with Crippen LogP contribution in [-0.4, -0.2) is 35.1 Å². The molecule has 0 bridgehead atoms. The summed E-state index contributed by atoms with van der Waals surface area (Å²) in [7, 11) is 0. The van der Waals surface area contributed by atoms with Gasteiger partial charge in [0, 0.05) is 11.0 Å². The van der Waals surface area contributed by atoms with Crippen molar-refractivity contribution in [3.05, 3.63) is 28.2 Å². The van der Waals surface area contributed by atoms with E-state index in [2.05, 4.69) is 21.2 Å². The fourth-order valence-corrected chi connectivity index (χ4v) is 2.12. The topological polar surface area (TPSA) is 69.6 Å². The van der Waals surface area contributed by atoms with Crippen molar-refractivity contribution in [2.45, 2.75) is 20.8 Å². The van der Waals surface area contributed by atoms with Crippen molar-refractivity contribution in [1.82, 2.24) is 4.90 Å². The molecule has 0 spiro atoms. The summed E-state index contributed by atoms with van der Waals surface area (Å²) >= 11 is 3.41. The van der Waals surface area contributed by atoms with Gasteiger partial charge in [-0.2, -0.15) is 0 Å². The number of nitrogens with one attached hydrogen (secondary N) is 1. The van der Waals surface area contributed by atoms with Gasteiger partial charge in [0.15, 0.2) is 0 Å². The van der Waals surface area contributed by atoms with E-state index < -0.39 is 12.0 Å². The summed E-state index contributed by atoms with van der Waals surface area (Å²) in [6.07, 6.45) is 0. The van der Waals surface area contributed by atoms with E-state index in [0.29, 0.717) is 12.2 Å². The van der Waals surface area contributed by atoms with Crippen LogP contribution in [0.15, 0.2) is 22.7 Å². The Kier molecular flexibility index (Phi) is 6.01. The first-order chi connectivity index (χ1) is 9.31. The molecule has 0 aliphatic carbocycles. The molecule has 2 N–H and O–H groups in total. The van der Waals surface area contributed by atoms with E-state index in [0.717, 1.165) is 10.0 Å². The van der Waals surface area contributed by atoms with Gasteiger partial charge in [0.2, 0.25) is 0 Å². The number of aryl methyl sites for hydroxylation is 1. The van der Waals surface area contributed by atoms with Gasteiger partial charge < -0.3 is 15.3 Å². The van der Waals surface area contributed by atoms with Crippen molar-refractivity contribution in [2.24, 2.45) is 5.92 Å². The first-order valence-corrected chi connectivity index (χ1v) is 7.13. The normalized spacial score (nSPS) is 10.4. The molecule has 0 heterocycles. The van der Waals surface area contributed by atoms with Gasteiger partial charge in [-0.25, -0.2) is 4.79 Å². The SMILES string of the molecule is Cc1cccc(NC(=O)N(CC(=O)O)CC(C)C)c1Br. The molecule has 0 aliphatic heterocycles. The fraction of sp³-hybridized carbons (Fsp3) is 0.429. The monoisotopic (exact) mass is 342 g/mol. The molecular formula is C14H19BrN2O3. The van der Waals surface area contributed by atoms with Gasteiger partial charge in [-0.05, 0) is 40.4 Å². The Labute approximate surface area is 127 Å². The zero-order chi connectivity index (χ0) is 15.3. The lowest BCUT2D eigenvalue weighted by atomic mass is 10.2. The average molecular weight is 343 g/mol. The largest absolute Gasteiger partial charge is 0.480 e. The summed E-state index contributed by atoms with van der Waals surface area (Å²) in [5.74, 6) is -0.829. The standard InChI is InChI=1S/C14H19BrN2O3/c1-9(2)7-17(8-12(18)19)14(20)16-11-6-4-5-10(3)13(11)15/h4-6,9H,7-8H2,1-3H3,(H,16,20)(H,18,19). The highest BCUT2D eigenvalue weighted by molar-refractivity contribution is 9.10. The Morgan fingerprint density at radius 2 is 2.05 bits per heavy atom. The van der Waals surface area contributed by atoms with Crippen LogP contribution in [0.3, 0.4) is 0 Å². The summed E-state index contributed by atoms with van der Waals surface area (Å²) in [6, 6.07) is 5.11. The van der Waals surface area contributed by atoms with E-state index in [-0.39, 0.29) is 12.5 Å². The summed E-state index contributed by atoms with van der Waals surface area (Å²) in [5, 5.41) is 11.6. The molecule has 1 aromatic carbocycles. The molecule has 0 saturated carbocycles. The highest BCUT2D eigenvalue weighted by atomic mass is 79.9. The summed E-state index contributed by atoms with van der Waals surface area (Å²) in [4.78, 5) is 24.3. The molecule has 0 aromatic heterocycles. The van der Waals surface area contributed by atoms with Crippen LogP contribution in [0.25, 0.3) is 0 Å². The van der Waals surface area contributed by atoms with Gasteiger partial charge in [-0.1, -0.05) is 26.0 Å². The van der Waals surface area contributed by atoms with Gasteiger partial charge in [0.05, 0.1) is 5.69 Å². The summed E-state index contributed by atoms with van der Waals surface area (Å²) in [6.45, 7) is 5.87. The third-order valence-corrected chi connectivity index (χ3v) is 3.68. The van der Waals surface area contributed by atoms with Crippen molar-refractivity contribution in [3.63, 3.8) is 0 Å². The molecule has 110 valence electrons. The Hall–Kier alpha value is -1.56.